The van der Waals surface area contributed by atoms with Gasteiger partial charge in [-0.05, 0) is 24.1 Å². The van der Waals surface area contributed by atoms with Crippen molar-refractivity contribution in [2.75, 3.05) is 13.2 Å². The summed E-state index contributed by atoms with van der Waals surface area (Å²) in [5.41, 5.74) is 1.21. The first kappa shape index (κ1) is 14.9. The molecule has 0 aromatic heterocycles. The average Bonchev–Trinajstić information content (AvgIpc) is 2.88. The summed E-state index contributed by atoms with van der Waals surface area (Å²) in [6.45, 7) is 4.50. The van der Waals surface area contributed by atoms with Crippen LogP contribution in [0.2, 0.25) is 0 Å². The van der Waals surface area contributed by atoms with E-state index in [-0.39, 0.29) is 11.9 Å². The van der Waals surface area contributed by atoms with Crippen LogP contribution in [0.1, 0.15) is 38.2 Å². The molecule has 4 nitrogen and oxygen atoms in total. The Labute approximate surface area is 120 Å². The van der Waals surface area contributed by atoms with E-state index in [1.165, 1.54) is 18.4 Å². The van der Waals surface area contributed by atoms with Crippen LogP contribution in [0, 0.1) is 0 Å². The molecule has 2 N–H and O–H groups in total. The van der Waals surface area contributed by atoms with Crippen molar-refractivity contribution in [2.45, 2.75) is 45.2 Å². The molecule has 1 amide bonds. The first-order chi connectivity index (χ1) is 9.78. The lowest BCUT2D eigenvalue weighted by molar-refractivity contribution is -0.119. The highest BCUT2D eigenvalue weighted by Crippen LogP contribution is 2.13. The van der Waals surface area contributed by atoms with Crippen LogP contribution in [0.15, 0.2) is 24.3 Å². The second-order valence-corrected chi connectivity index (χ2v) is 5.29. The fraction of sp³-hybridized carbons (Fsp3) is 0.562. The van der Waals surface area contributed by atoms with Crippen molar-refractivity contribution in [1.82, 2.24) is 10.6 Å². The molecule has 20 heavy (non-hydrogen) atoms. The van der Waals surface area contributed by atoms with Crippen LogP contribution in [0.5, 0.6) is 5.75 Å². The first-order valence-electron chi connectivity index (χ1n) is 7.49. The summed E-state index contributed by atoms with van der Waals surface area (Å²) in [7, 11) is 0. The number of benzene rings is 1. The van der Waals surface area contributed by atoms with E-state index in [9.17, 15) is 4.79 Å². The first-order valence-corrected chi connectivity index (χ1v) is 7.49. The fourth-order valence-electron chi connectivity index (χ4n) is 2.26. The molecule has 1 aliphatic heterocycles. The van der Waals surface area contributed by atoms with Gasteiger partial charge in [-0.2, -0.15) is 0 Å². The quantitative estimate of drug-likeness (QED) is 0.716. The van der Waals surface area contributed by atoms with E-state index in [1.807, 2.05) is 12.1 Å². The molecule has 1 fully saturated rings. The summed E-state index contributed by atoms with van der Waals surface area (Å²) in [6.07, 6.45) is 4.13. The van der Waals surface area contributed by atoms with Crippen LogP contribution in [-0.4, -0.2) is 25.1 Å². The Morgan fingerprint density at radius 2 is 2.10 bits per heavy atom. The lowest BCUT2D eigenvalue weighted by Crippen LogP contribution is -2.30. The third-order valence-electron chi connectivity index (χ3n) is 3.51. The van der Waals surface area contributed by atoms with Crippen LogP contribution in [0.4, 0.5) is 0 Å². The zero-order valence-corrected chi connectivity index (χ0v) is 12.2. The van der Waals surface area contributed by atoms with Gasteiger partial charge in [0.1, 0.15) is 5.75 Å². The zero-order valence-electron chi connectivity index (χ0n) is 12.2. The molecule has 110 valence electrons. The number of unbranched alkanes of at least 4 members (excludes halogenated alkanes) is 2. The minimum Gasteiger partial charge on any atom is -0.494 e. The maximum Gasteiger partial charge on any atom is 0.221 e. The molecule has 0 radical (unpaired) electrons. The minimum absolute atomic E-state index is 0.137. The minimum atomic E-state index is 0.137. The number of hydrogen-bond acceptors (Lipinski definition) is 3. The predicted molar refractivity (Wildman–Crippen MR) is 79.7 cm³/mol. The van der Waals surface area contributed by atoms with Gasteiger partial charge in [0.05, 0.1) is 6.61 Å². The number of hydrogen-bond donors (Lipinski definition) is 2. The van der Waals surface area contributed by atoms with Gasteiger partial charge in [0.2, 0.25) is 5.91 Å². The van der Waals surface area contributed by atoms with Crippen LogP contribution in [0.25, 0.3) is 0 Å². The van der Waals surface area contributed by atoms with Crippen molar-refractivity contribution >= 4 is 5.91 Å². The smallest absolute Gasteiger partial charge is 0.221 e. The fourth-order valence-corrected chi connectivity index (χ4v) is 2.26. The molecule has 0 aliphatic carbocycles. The van der Waals surface area contributed by atoms with Crippen molar-refractivity contribution < 1.29 is 9.53 Å². The Balaban J connectivity index is 1.69. The molecule has 0 spiro atoms. The maximum absolute atomic E-state index is 11.1. The maximum atomic E-state index is 11.1. The van der Waals surface area contributed by atoms with Crippen molar-refractivity contribution in [3.05, 3.63) is 29.8 Å². The second-order valence-electron chi connectivity index (χ2n) is 5.29. The molecule has 1 aliphatic rings. The number of carbonyl (C=O) groups is 1. The van der Waals surface area contributed by atoms with E-state index in [2.05, 4.69) is 29.7 Å². The molecular formula is C16H24N2O2. The molecule has 1 heterocycles. The molecule has 4 heteroatoms. The van der Waals surface area contributed by atoms with E-state index >= 15 is 0 Å². The van der Waals surface area contributed by atoms with E-state index in [4.69, 9.17) is 4.74 Å². The second kappa shape index (κ2) is 7.90. The molecular weight excluding hydrogens is 252 g/mol. The third-order valence-corrected chi connectivity index (χ3v) is 3.51. The Kier molecular flexibility index (Phi) is 5.87. The van der Waals surface area contributed by atoms with Gasteiger partial charge in [-0.3, -0.25) is 4.79 Å². The lowest BCUT2D eigenvalue weighted by Gasteiger charge is -2.11. The normalized spacial score (nSPS) is 18.1. The number of ether oxygens (including phenoxy) is 1. The highest BCUT2D eigenvalue weighted by molar-refractivity contribution is 5.78. The topological polar surface area (TPSA) is 50.4 Å². The molecule has 1 saturated heterocycles. The van der Waals surface area contributed by atoms with Crippen LogP contribution in [0.3, 0.4) is 0 Å². The molecule has 1 aromatic carbocycles. The van der Waals surface area contributed by atoms with Gasteiger partial charge >= 0.3 is 0 Å². The Hall–Kier alpha value is -1.55. The zero-order chi connectivity index (χ0) is 14.2. The van der Waals surface area contributed by atoms with Crippen molar-refractivity contribution in [3.8, 4) is 5.75 Å². The van der Waals surface area contributed by atoms with Gasteiger partial charge in [0.15, 0.2) is 0 Å². The standard InChI is InChI=1S/C16H24N2O2/c1-2-3-4-9-20-15-7-5-13(6-8-15)11-17-14-10-16(19)18-12-14/h5-8,14,17H,2-4,9-12H2,1H3,(H,18,19). The number of rotatable bonds is 8. The number of nitrogens with one attached hydrogen (secondary N) is 2. The molecule has 0 bridgehead atoms. The summed E-state index contributed by atoms with van der Waals surface area (Å²) < 4.78 is 5.68. The van der Waals surface area contributed by atoms with Crippen LogP contribution < -0.4 is 15.4 Å². The van der Waals surface area contributed by atoms with Gasteiger partial charge in [0.25, 0.3) is 0 Å². The molecule has 1 unspecified atom stereocenters. The average molecular weight is 276 g/mol. The lowest BCUT2D eigenvalue weighted by atomic mass is 10.2. The van der Waals surface area contributed by atoms with E-state index in [1.54, 1.807) is 0 Å². The summed E-state index contributed by atoms with van der Waals surface area (Å²) in [6, 6.07) is 8.44. The summed E-state index contributed by atoms with van der Waals surface area (Å²) >= 11 is 0. The van der Waals surface area contributed by atoms with Gasteiger partial charge in [-0.1, -0.05) is 31.9 Å². The van der Waals surface area contributed by atoms with Crippen molar-refractivity contribution in [2.24, 2.45) is 0 Å². The Morgan fingerprint density at radius 3 is 2.75 bits per heavy atom. The molecule has 1 aromatic rings. The highest BCUT2D eigenvalue weighted by Gasteiger charge is 2.20. The molecule has 0 saturated carbocycles. The SMILES string of the molecule is CCCCCOc1ccc(CNC2CNC(=O)C2)cc1. The van der Waals surface area contributed by atoms with Gasteiger partial charge in [0, 0.05) is 25.6 Å². The van der Waals surface area contributed by atoms with Crippen molar-refractivity contribution in [1.29, 1.82) is 0 Å². The van der Waals surface area contributed by atoms with Crippen molar-refractivity contribution in [3.63, 3.8) is 0 Å². The van der Waals surface area contributed by atoms with E-state index < -0.39 is 0 Å². The summed E-state index contributed by atoms with van der Waals surface area (Å²) in [5.74, 6) is 1.07. The Morgan fingerprint density at radius 1 is 1.30 bits per heavy atom. The summed E-state index contributed by atoms with van der Waals surface area (Å²) in [5, 5.41) is 6.21. The molecule has 1 atom stereocenters. The van der Waals surface area contributed by atoms with Crippen LogP contribution in [-0.2, 0) is 11.3 Å². The molecule has 2 rings (SSSR count). The Bertz CT molecular complexity index is 417. The largest absolute Gasteiger partial charge is 0.494 e. The third kappa shape index (κ3) is 4.85. The number of carbonyl (C=O) groups excluding carboxylic acids is 1. The highest BCUT2D eigenvalue weighted by atomic mass is 16.5. The monoisotopic (exact) mass is 276 g/mol. The van der Waals surface area contributed by atoms with Gasteiger partial charge < -0.3 is 15.4 Å². The van der Waals surface area contributed by atoms with E-state index in [0.717, 1.165) is 31.9 Å². The van der Waals surface area contributed by atoms with Gasteiger partial charge in [-0.15, -0.1) is 0 Å². The van der Waals surface area contributed by atoms with E-state index in [0.29, 0.717) is 6.42 Å². The number of amides is 1. The van der Waals surface area contributed by atoms with Gasteiger partial charge in [-0.25, -0.2) is 0 Å². The predicted octanol–water partition coefficient (Wildman–Crippen LogP) is 2.23. The summed E-state index contributed by atoms with van der Waals surface area (Å²) in [4.78, 5) is 11.1. The van der Waals surface area contributed by atoms with Crippen LogP contribution >= 0.6 is 0 Å².